The lowest BCUT2D eigenvalue weighted by atomic mass is 9.94. The Morgan fingerprint density at radius 1 is 1.07 bits per heavy atom. The highest BCUT2D eigenvalue weighted by Crippen LogP contribution is 2.39. The number of nitriles is 1. The van der Waals surface area contributed by atoms with Gasteiger partial charge in [-0.1, -0.05) is 0 Å². The Labute approximate surface area is 236 Å². The Morgan fingerprint density at radius 3 is 2.31 bits per heavy atom. The Balaban J connectivity index is 1.53. The number of carbonyl (C=O) groups excluding carboxylic acids is 1. The van der Waals surface area contributed by atoms with E-state index in [1.807, 2.05) is 0 Å². The molecular formula is C26H27F6N7O3. The van der Waals surface area contributed by atoms with Crippen LogP contribution in [0.3, 0.4) is 0 Å². The number of aryl methyl sites for hydroxylation is 1. The van der Waals surface area contributed by atoms with Crippen molar-refractivity contribution in [2.45, 2.75) is 58.0 Å². The number of ether oxygens (including phenoxy) is 2. The van der Waals surface area contributed by atoms with Crippen molar-refractivity contribution in [3.8, 4) is 23.2 Å². The summed E-state index contributed by atoms with van der Waals surface area (Å²) >= 11 is 0. The Morgan fingerprint density at radius 2 is 1.74 bits per heavy atom. The molecule has 42 heavy (non-hydrogen) atoms. The fourth-order valence-corrected chi connectivity index (χ4v) is 4.52. The van der Waals surface area contributed by atoms with E-state index >= 15 is 0 Å². The summed E-state index contributed by atoms with van der Waals surface area (Å²) in [7, 11) is 1.02. The number of likely N-dealkylation sites (tertiary alicyclic amines) is 1. The van der Waals surface area contributed by atoms with Crippen molar-refractivity contribution in [1.82, 2.24) is 29.4 Å². The first-order valence-electron chi connectivity index (χ1n) is 12.9. The molecule has 1 aliphatic rings. The van der Waals surface area contributed by atoms with E-state index in [1.54, 1.807) is 31.7 Å². The zero-order valence-electron chi connectivity index (χ0n) is 23.1. The molecule has 0 N–H and O–H groups in total. The van der Waals surface area contributed by atoms with E-state index in [0.29, 0.717) is 43.0 Å². The second kappa shape index (κ2) is 11.3. The SMILES string of the molecule is Cn1c(C(F)(F)F)nc2c(-c3cnc(OCCC4CCN(C(=O)OC(C)(C)C)CC4)c(C(F)(F)F)c3)nc(C#N)nc21. The highest BCUT2D eigenvalue weighted by Gasteiger charge is 2.39. The van der Waals surface area contributed by atoms with Crippen LogP contribution in [0.4, 0.5) is 31.1 Å². The second-order valence-corrected chi connectivity index (χ2v) is 10.8. The summed E-state index contributed by atoms with van der Waals surface area (Å²) < 4.78 is 93.8. The third kappa shape index (κ3) is 6.82. The average molecular weight is 600 g/mol. The van der Waals surface area contributed by atoms with E-state index < -0.39 is 58.3 Å². The summed E-state index contributed by atoms with van der Waals surface area (Å²) in [5.74, 6) is -2.52. The van der Waals surface area contributed by atoms with Gasteiger partial charge in [0.15, 0.2) is 5.65 Å². The van der Waals surface area contributed by atoms with Crippen LogP contribution in [-0.2, 0) is 24.1 Å². The topological polar surface area (TPSA) is 119 Å². The van der Waals surface area contributed by atoms with Crippen LogP contribution in [0, 0.1) is 17.2 Å². The van der Waals surface area contributed by atoms with Crippen molar-refractivity contribution in [2.75, 3.05) is 19.7 Å². The number of carbonyl (C=O) groups is 1. The zero-order valence-corrected chi connectivity index (χ0v) is 23.1. The molecule has 1 fully saturated rings. The van der Waals surface area contributed by atoms with Crippen molar-refractivity contribution >= 4 is 17.3 Å². The first kappa shape index (κ1) is 30.8. The highest BCUT2D eigenvalue weighted by atomic mass is 19.4. The molecular weight excluding hydrogens is 572 g/mol. The van der Waals surface area contributed by atoms with Gasteiger partial charge in [-0.3, -0.25) is 0 Å². The number of pyridine rings is 1. The van der Waals surface area contributed by atoms with Gasteiger partial charge in [0.25, 0.3) is 0 Å². The molecule has 3 aromatic rings. The number of fused-ring (bicyclic) bond motifs is 1. The van der Waals surface area contributed by atoms with Crippen molar-refractivity contribution in [3.05, 3.63) is 29.5 Å². The number of hydrogen-bond donors (Lipinski definition) is 0. The van der Waals surface area contributed by atoms with Gasteiger partial charge in [-0.25, -0.2) is 19.7 Å². The minimum atomic E-state index is -4.93. The number of rotatable bonds is 5. The Kier molecular flexibility index (Phi) is 8.25. The predicted octanol–water partition coefficient (Wildman–Crippen LogP) is 5.75. The molecule has 0 aromatic carbocycles. The van der Waals surface area contributed by atoms with Gasteiger partial charge in [0, 0.05) is 31.9 Å². The minimum Gasteiger partial charge on any atom is -0.477 e. The number of halogens is 6. The van der Waals surface area contributed by atoms with E-state index in [1.165, 1.54) is 0 Å². The van der Waals surface area contributed by atoms with Crippen LogP contribution in [0.2, 0.25) is 0 Å². The lowest BCUT2D eigenvalue weighted by Gasteiger charge is -2.33. The molecule has 1 saturated heterocycles. The van der Waals surface area contributed by atoms with Crippen molar-refractivity contribution < 1.29 is 40.6 Å². The lowest BCUT2D eigenvalue weighted by molar-refractivity contribution is -0.146. The molecule has 4 heterocycles. The van der Waals surface area contributed by atoms with Crippen LogP contribution in [-0.4, -0.2) is 60.8 Å². The van der Waals surface area contributed by atoms with Crippen LogP contribution in [0.25, 0.3) is 22.4 Å². The molecule has 0 unspecified atom stereocenters. The zero-order chi connectivity index (χ0) is 31.0. The number of imidazole rings is 1. The molecule has 10 nitrogen and oxygen atoms in total. The van der Waals surface area contributed by atoms with E-state index in [4.69, 9.17) is 9.47 Å². The molecule has 16 heteroatoms. The molecule has 0 bridgehead atoms. The molecule has 4 rings (SSSR count). The van der Waals surface area contributed by atoms with Gasteiger partial charge in [0.05, 0.1) is 6.61 Å². The fraction of sp³-hybridized carbons (Fsp3) is 0.538. The predicted molar refractivity (Wildman–Crippen MR) is 135 cm³/mol. The summed E-state index contributed by atoms with van der Waals surface area (Å²) in [5.41, 5.74) is -3.44. The van der Waals surface area contributed by atoms with Crippen LogP contribution in [0.5, 0.6) is 5.88 Å². The smallest absolute Gasteiger partial charge is 0.449 e. The van der Waals surface area contributed by atoms with Crippen LogP contribution >= 0.6 is 0 Å². The van der Waals surface area contributed by atoms with Gasteiger partial charge in [0.2, 0.25) is 17.5 Å². The number of alkyl halides is 6. The van der Waals surface area contributed by atoms with Crippen LogP contribution < -0.4 is 4.74 Å². The van der Waals surface area contributed by atoms with Crippen molar-refractivity contribution in [1.29, 1.82) is 5.26 Å². The van der Waals surface area contributed by atoms with E-state index in [2.05, 4.69) is 19.9 Å². The van der Waals surface area contributed by atoms with E-state index in [0.717, 1.165) is 13.2 Å². The summed E-state index contributed by atoms with van der Waals surface area (Å²) in [4.78, 5) is 28.7. The second-order valence-electron chi connectivity index (χ2n) is 10.8. The van der Waals surface area contributed by atoms with Gasteiger partial charge in [-0.05, 0) is 52.0 Å². The molecule has 0 atom stereocenters. The first-order chi connectivity index (χ1) is 19.5. The van der Waals surface area contributed by atoms with Crippen LogP contribution in [0.1, 0.15) is 57.2 Å². The standard InChI is InChI=1S/C26H27F6N7O3/c1-24(2,3)42-23(40)39-8-5-14(6-9-39)7-10-41-21-16(25(27,28)29)11-15(13-34-21)18-19-20(36-17(12-33)35-18)38(4)22(37-19)26(30,31)32/h11,13-14H,5-10H2,1-4H3. The summed E-state index contributed by atoms with van der Waals surface area (Å²) in [6, 6.07) is 2.24. The molecule has 0 radical (unpaired) electrons. The number of amides is 1. The average Bonchev–Trinajstić information content (AvgIpc) is 3.24. The largest absolute Gasteiger partial charge is 0.477 e. The number of piperidine rings is 1. The third-order valence-electron chi connectivity index (χ3n) is 6.53. The molecule has 226 valence electrons. The van der Waals surface area contributed by atoms with Gasteiger partial charge < -0.3 is 18.9 Å². The Bertz CT molecular complexity index is 1510. The fourth-order valence-electron chi connectivity index (χ4n) is 4.52. The lowest BCUT2D eigenvalue weighted by Crippen LogP contribution is -2.41. The molecule has 1 amide bonds. The van der Waals surface area contributed by atoms with Crippen molar-refractivity contribution in [3.63, 3.8) is 0 Å². The molecule has 1 aliphatic heterocycles. The van der Waals surface area contributed by atoms with E-state index in [-0.39, 0.29) is 23.7 Å². The number of aromatic nitrogens is 5. The minimum absolute atomic E-state index is 0.0853. The maximum atomic E-state index is 14.0. The quantitative estimate of drug-likeness (QED) is 0.340. The van der Waals surface area contributed by atoms with Gasteiger partial charge in [-0.15, -0.1) is 0 Å². The maximum absolute atomic E-state index is 14.0. The third-order valence-corrected chi connectivity index (χ3v) is 6.53. The molecule has 0 aliphatic carbocycles. The van der Waals surface area contributed by atoms with Gasteiger partial charge >= 0.3 is 18.4 Å². The molecule has 0 saturated carbocycles. The van der Waals surface area contributed by atoms with Gasteiger partial charge in [0.1, 0.15) is 28.4 Å². The summed E-state index contributed by atoms with van der Waals surface area (Å²) in [5, 5.41) is 9.28. The maximum Gasteiger partial charge on any atom is 0.449 e. The number of hydrogen-bond acceptors (Lipinski definition) is 8. The highest BCUT2D eigenvalue weighted by molar-refractivity contribution is 5.88. The first-order valence-corrected chi connectivity index (χ1v) is 12.9. The van der Waals surface area contributed by atoms with Gasteiger partial charge in [-0.2, -0.15) is 36.6 Å². The molecule has 0 spiro atoms. The van der Waals surface area contributed by atoms with Crippen LogP contribution in [0.15, 0.2) is 12.3 Å². The van der Waals surface area contributed by atoms with E-state index in [9.17, 15) is 36.4 Å². The number of nitrogens with zero attached hydrogens (tertiary/aromatic N) is 7. The Hall–Kier alpha value is -4.16. The molecule has 3 aromatic heterocycles. The normalized spacial score (nSPS) is 15.1. The monoisotopic (exact) mass is 599 g/mol. The van der Waals surface area contributed by atoms with Crippen molar-refractivity contribution in [2.24, 2.45) is 13.0 Å². The summed E-state index contributed by atoms with van der Waals surface area (Å²) in [6.07, 6.45) is -7.61. The summed E-state index contributed by atoms with van der Waals surface area (Å²) in [6.45, 7) is 6.11.